The van der Waals surface area contributed by atoms with Crippen molar-refractivity contribution in [1.29, 1.82) is 0 Å². The molecule has 88 valence electrons. The summed E-state index contributed by atoms with van der Waals surface area (Å²) in [4.78, 5) is 0. The van der Waals surface area contributed by atoms with Gasteiger partial charge in [-0.1, -0.05) is 48.5 Å². The maximum Gasteiger partial charge on any atom is 0.0938 e. The molecule has 0 spiro atoms. The van der Waals surface area contributed by atoms with E-state index in [2.05, 4.69) is 12.1 Å². The highest BCUT2D eigenvalue weighted by Gasteiger charge is 2.12. The van der Waals surface area contributed by atoms with E-state index in [9.17, 15) is 5.11 Å². The molecular formula is C15H17NO. The van der Waals surface area contributed by atoms with Crippen LogP contribution in [-0.2, 0) is 0 Å². The molecule has 0 amide bonds. The van der Waals surface area contributed by atoms with Gasteiger partial charge in [0.2, 0.25) is 0 Å². The second kappa shape index (κ2) is 5.13. The predicted molar refractivity (Wildman–Crippen MR) is 70.5 cm³/mol. The Morgan fingerprint density at radius 2 is 1.59 bits per heavy atom. The van der Waals surface area contributed by atoms with Crippen molar-refractivity contribution >= 4 is 0 Å². The average molecular weight is 227 g/mol. The molecule has 0 heterocycles. The molecule has 0 radical (unpaired) electrons. The zero-order valence-corrected chi connectivity index (χ0v) is 9.88. The lowest BCUT2D eigenvalue weighted by Crippen LogP contribution is -2.24. The van der Waals surface area contributed by atoms with Gasteiger partial charge in [0, 0.05) is 6.04 Å². The lowest BCUT2D eigenvalue weighted by molar-refractivity contribution is 0.153. The van der Waals surface area contributed by atoms with E-state index in [1.54, 1.807) is 6.92 Å². The van der Waals surface area contributed by atoms with Gasteiger partial charge >= 0.3 is 0 Å². The van der Waals surface area contributed by atoms with Crippen LogP contribution >= 0.6 is 0 Å². The normalized spacial score (nSPS) is 14.3. The minimum Gasteiger partial charge on any atom is -0.387 e. The van der Waals surface area contributed by atoms with Gasteiger partial charge < -0.3 is 10.8 Å². The van der Waals surface area contributed by atoms with Crippen LogP contribution in [0.2, 0.25) is 0 Å². The van der Waals surface area contributed by atoms with E-state index in [1.807, 2.05) is 42.5 Å². The van der Waals surface area contributed by atoms with Crippen LogP contribution in [0.25, 0.3) is 11.1 Å². The SMILES string of the molecule is C[C@H](N)[C@H](O)c1cccc(-c2ccccc2)c1. The minimum atomic E-state index is -0.612. The smallest absolute Gasteiger partial charge is 0.0938 e. The molecule has 2 aromatic rings. The monoisotopic (exact) mass is 227 g/mol. The van der Waals surface area contributed by atoms with Crippen LogP contribution in [0.3, 0.4) is 0 Å². The third-order valence-electron chi connectivity index (χ3n) is 2.83. The minimum absolute atomic E-state index is 0.263. The number of rotatable bonds is 3. The van der Waals surface area contributed by atoms with Crippen LogP contribution in [0.1, 0.15) is 18.6 Å². The number of nitrogens with two attached hydrogens (primary N) is 1. The standard InChI is InChI=1S/C15H17NO/c1-11(16)15(17)14-9-5-8-13(10-14)12-6-3-2-4-7-12/h2-11,15,17H,16H2,1H3/t11-,15-/m0/s1. The second-order valence-corrected chi connectivity index (χ2v) is 4.30. The first-order chi connectivity index (χ1) is 8.18. The van der Waals surface area contributed by atoms with Crippen molar-refractivity contribution in [3.05, 3.63) is 60.2 Å². The summed E-state index contributed by atoms with van der Waals surface area (Å²) < 4.78 is 0. The third-order valence-corrected chi connectivity index (χ3v) is 2.83. The van der Waals surface area contributed by atoms with Gasteiger partial charge in [-0.05, 0) is 29.7 Å². The zero-order chi connectivity index (χ0) is 12.3. The number of aliphatic hydroxyl groups excluding tert-OH is 1. The van der Waals surface area contributed by atoms with Gasteiger partial charge in [0.15, 0.2) is 0 Å². The fourth-order valence-corrected chi connectivity index (χ4v) is 1.84. The Morgan fingerprint density at radius 1 is 0.941 bits per heavy atom. The van der Waals surface area contributed by atoms with E-state index in [0.717, 1.165) is 16.7 Å². The van der Waals surface area contributed by atoms with E-state index in [0.29, 0.717) is 0 Å². The van der Waals surface area contributed by atoms with Crippen molar-refractivity contribution in [3.8, 4) is 11.1 Å². The highest BCUT2D eigenvalue weighted by Crippen LogP contribution is 2.23. The van der Waals surface area contributed by atoms with Crippen LogP contribution in [0.15, 0.2) is 54.6 Å². The summed E-state index contributed by atoms with van der Waals surface area (Å²) in [5.74, 6) is 0. The van der Waals surface area contributed by atoms with Gasteiger partial charge in [0.05, 0.1) is 6.10 Å². The molecule has 0 saturated carbocycles. The molecule has 0 aliphatic heterocycles. The molecule has 0 bridgehead atoms. The van der Waals surface area contributed by atoms with E-state index in [1.165, 1.54) is 0 Å². The molecule has 2 heteroatoms. The van der Waals surface area contributed by atoms with Crippen LogP contribution in [0.5, 0.6) is 0 Å². The Hall–Kier alpha value is -1.64. The van der Waals surface area contributed by atoms with Crippen LogP contribution in [-0.4, -0.2) is 11.1 Å². The van der Waals surface area contributed by atoms with Crippen molar-refractivity contribution in [1.82, 2.24) is 0 Å². The Bertz CT molecular complexity index is 479. The largest absolute Gasteiger partial charge is 0.387 e. The molecule has 3 N–H and O–H groups in total. The van der Waals surface area contributed by atoms with Crippen molar-refractivity contribution in [2.45, 2.75) is 19.1 Å². The summed E-state index contributed by atoms with van der Waals surface area (Å²) in [6.07, 6.45) is -0.612. The van der Waals surface area contributed by atoms with Crippen LogP contribution in [0.4, 0.5) is 0 Å². The molecule has 0 fully saturated rings. The lowest BCUT2D eigenvalue weighted by atomic mass is 9.98. The van der Waals surface area contributed by atoms with Crippen molar-refractivity contribution in [2.24, 2.45) is 5.73 Å². The zero-order valence-electron chi connectivity index (χ0n) is 9.88. The van der Waals surface area contributed by atoms with Crippen LogP contribution in [0, 0.1) is 0 Å². The fourth-order valence-electron chi connectivity index (χ4n) is 1.84. The van der Waals surface area contributed by atoms with Gasteiger partial charge in [-0.15, -0.1) is 0 Å². The maximum absolute atomic E-state index is 9.94. The highest BCUT2D eigenvalue weighted by molar-refractivity contribution is 5.64. The Kier molecular flexibility index (Phi) is 3.57. The molecule has 2 aromatic carbocycles. The number of hydrogen-bond acceptors (Lipinski definition) is 2. The molecule has 2 atom stereocenters. The quantitative estimate of drug-likeness (QED) is 0.847. The molecule has 2 nitrogen and oxygen atoms in total. The topological polar surface area (TPSA) is 46.2 Å². The Balaban J connectivity index is 2.35. The maximum atomic E-state index is 9.94. The van der Waals surface area contributed by atoms with Crippen molar-refractivity contribution < 1.29 is 5.11 Å². The summed E-state index contributed by atoms with van der Waals surface area (Å²) in [5.41, 5.74) is 8.81. The average Bonchev–Trinajstić information content (AvgIpc) is 2.39. The first-order valence-corrected chi connectivity index (χ1v) is 5.77. The molecule has 0 saturated heterocycles. The summed E-state index contributed by atoms with van der Waals surface area (Å²) in [7, 11) is 0. The molecule has 0 aliphatic rings. The third kappa shape index (κ3) is 2.73. The first kappa shape index (κ1) is 11.8. The Morgan fingerprint density at radius 3 is 2.24 bits per heavy atom. The second-order valence-electron chi connectivity index (χ2n) is 4.30. The first-order valence-electron chi connectivity index (χ1n) is 5.77. The van der Waals surface area contributed by atoms with Crippen LogP contribution < -0.4 is 5.73 Å². The van der Waals surface area contributed by atoms with E-state index >= 15 is 0 Å². The highest BCUT2D eigenvalue weighted by atomic mass is 16.3. The van der Waals surface area contributed by atoms with E-state index in [4.69, 9.17) is 5.73 Å². The van der Waals surface area contributed by atoms with E-state index < -0.39 is 6.10 Å². The predicted octanol–water partition coefficient (Wildman–Crippen LogP) is 2.73. The summed E-state index contributed by atoms with van der Waals surface area (Å²) >= 11 is 0. The number of benzene rings is 2. The summed E-state index contributed by atoms with van der Waals surface area (Å²) in [6, 6.07) is 17.7. The number of hydrogen-bond donors (Lipinski definition) is 2. The molecule has 2 rings (SSSR count). The molecule has 0 unspecified atom stereocenters. The molecule has 17 heavy (non-hydrogen) atoms. The summed E-state index contributed by atoms with van der Waals surface area (Å²) in [5, 5.41) is 9.94. The lowest BCUT2D eigenvalue weighted by Gasteiger charge is -2.15. The van der Waals surface area contributed by atoms with Gasteiger partial charge in [0.25, 0.3) is 0 Å². The summed E-state index contributed by atoms with van der Waals surface area (Å²) in [6.45, 7) is 1.81. The molecular weight excluding hydrogens is 210 g/mol. The van der Waals surface area contributed by atoms with Gasteiger partial charge in [-0.25, -0.2) is 0 Å². The Labute approximate surface area is 102 Å². The number of aliphatic hydroxyl groups is 1. The van der Waals surface area contributed by atoms with E-state index in [-0.39, 0.29) is 6.04 Å². The fraction of sp³-hybridized carbons (Fsp3) is 0.200. The van der Waals surface area contributed by atoms with Gasteiger partial charge in [-0.3, -0.25) is 0 Å². The molecule has 0 aromatic heterocycles. The molecule has 0 aliphatic carbocycles. The van der Waals surface area contributed by atoms with Crippen molar-refractivity contribution in [2.75, 3.05) is 0 Å². The van der Waals surface area contributed by atoms with Gasteiger partial charge in [0.1, 0.15) is 0 Å². The van der Waals surface area contributed by atoms with Gasteiger partial charge in [-0.2, -0.15) is 0 Å². The van der Waals surface area contributed by atoms with Crippen molar-refractivity contribution in [3.63, 3.8) is 0 Å².